The van der Waals surface area contributed by atoms with Gasteiger partial charge in [-0.1, -0.05) is 24.4 Å². The molecule has 4 heteroatoms. The predicted octanol–water partition coefficient (Wildman–Crippen LogP) is 2.96. The molecule has 0 bridgehead atoms. The van der Waals surface area contributed by atoms with Crippen molar-refractivity contribution in [1.29, 1.82) is 0 Å². The van der Waals surface area contributed by atoms with Crippen LogP contribution in [-0.4, -0.2) is 16.1 Å². The summed E-state index contributed by atoms with van der Waals surface area (Å²) in [7, 11) is 0. The van der Waals surface area contributed by atoms with Gasteiger partial charge in [0.15, 0.2) is 0 Å². The van der Waals surface area contributed by atoms with E-state index in [0.29, 0.717) is 10.7 Å². The molecule has 94 valence electrons. The lowest BCUT2D eigenvalue weighted by Gasteiger charge is -2.13. The highest BCUT2D eigenvalue weighted by Crippen LogP contribution is 2.27. The van der Waals surface area contributed by atoms with Gasteiger partial charge in [0.2, 0.25) is 0 Å². The summed E-state index contributed by atoms with van der Waals surface area (Å²) in [4.78, 5) is 4.80. The number of rotatable bonds is 3. The summed E-state index contributed by atoms with van der Waals surface area (Å²) in [6.07, 6.45) is 0.103. The third-order valence-electron chi connectivity index (χ3n) is 2.62. The molecule has 1 aromatic heterocycles. The molecule has 0 saturated carbocycles. The lowest BCUT2D eigenvalue weighted by Crippen LogP contribution is -2.12. The molecule has 0 fully saturated rings. The van der Waals surface area contributed by atoms with Crippen LogP contribution in [0.3, 0.4) is 0 Å². The van der Waals surface area contributed by atoms with Gasteiger partial charge >= 0.3 is 0 Å². The second-order valence-corrected chi connectivity index (χ2v) is 4.95. The fourth-order valence-corrected chi connectivity index (χ4v) is 1.97. The molecule has 0 spiro atoms. The highest BCUT2D eigenvalue weighted by molar-refractivity contribution is 7.80. The average Bonchev–Trinajstić information content (AvgIpc) is 2.29. The number of hydrogen-bond donors (Lipinski definition) is 1. The molecule has 0 atom stereocenters. The van der Waals surface area contributed by atoms with Gasteiger partial charge in [-0.05, 0) is 38.5 Å². The fourth-order valence-electron chi connectivity index (χ4n) is 1.87. The lowest BCUT2D eigenvalue weighted by molar-refractivity contribution is 0.245. The van der Waals surface area contributed by atoms with Crippen molar-refractivity contribution < 1.29 is 4.74 Å². The van der Waals surface area contributed by atoms with Crippen LogP contribution in [0.4, 0.5) is 0 Å². The van der Waals surface area contributed by atoms with E-state index < -0.39 is 0 Å². The zero-order valence-corrected chi connectivity index (χ0v) is 11.5. The molecule has 1 aromatic carbocycles. The van der Waals surface area contributed by atoms with Crippen molar-refractivity contribution >= 4 is 28.1 Å². The normalized spacial score (nSPS) is 10.9. The van der Waals surface area contributed by atoms with E-state index in [1.165, 1.54) is 0 Å². The Hall–Kier alpha value is -1.68. The number of fused-ring (bicyclic) bond motifs is 1. The van der Waals surface area contributed by atoms with Crippen LogP contribution >= 0.6 is 12.2 Å². The Labute approximate surface area is 112 Å². The Morgan fingerprint density at radius 3 is 2.72 bits per heavy atom. The Balaban J connectivity index is 2.69. The number of benzene rings is 1. The highest BCUT2D eigenvalue weighted by atomic mass is 32.1. The molecular formula is C14H16N2OS. The van der Waals surface area contributed by atoms with Gasteiger partial charge in [0, 0.05) is 5.39 Å². The van der Waals surface area contributed by atoms with Crippen LogP contribution < -0.4 is 10.5 Å². The Bertz CT molecular complexity index is 608. The van der Waals surface area contributed by atoms with E-state index in [9.17, 15) is 0 Å². The minimum atomic E-state index is 0.103. The molecule has 0 aliphatic rings. The maximum absolute atomic E-state index is 5.77. The molecular weight excluding hydrogens is 244 g/mol. The molecule has 2 rings (SSSR count). The molecule has 2 aromatic rings. The van der Waals surface area contributed by atoms with Crippen molar-refractivity contribution in [3.05, 3.63) is 35.5 Å². The minimum absolute atomic E-state index is 0.103. The van der Waals surface area contributed by atoms with Crippen molar-refractivity contribution in [3.63, 3.8) is 0 Å². The topological polar surface area (TPSA) is 48.1 Å². The van der Waals surface area contributed by atoms with E-state index in [1.54, 1.807) is 0 Å². The summed E-state index contributed by atoms with van der Waals surface area (Å²) < 4.78 is 5.77. The number of aromatic nitrogens is 1. The van der Waals surface area contributed by atoms with E-state index in [1.807, 2.05) is 45.0 Å². The average molecular weight is 260 g/mol. The van der Waals surface area contributed by atoms with Gasteiger partial charge < -0.3 is 10.5 Å². The monoisotopic (exact) mass is 260 g/mol. The number of nitrogens with two attached hydrogens (primary N) is 1. The summed E-state index contributed by atoms with van der Waals surface area (Å²) in [5.41, 5.74) is 8.20. The van der Waals surface area contributed by atoms with Gasteiger partial charge in [0.1, 0.15) is 16.3 Å². The first-order valence-corrected chi connectivity index (χ1v) is 6.26. The third-order valence-corrected chi connectivity index (χ3v) is 2.83. The van der Waals surface area contributed by atoms with E-state index in [4.69, 9.17) is 22.7 Å². The molecule has 2 N–H and O–H groups in total. The van der Waals surface area contributed by atoms with E-state index in [0.717, 1.165) is 22.2 Å². The van der Waals surface area contributed by atoms with Crippen molar-refractivity contribution in [2.24, 2.45) is 5.73 Å². The summed E-state index contributed by atoms with van der Waals surface area (Å²) >= 11 is 4.99. The van der Waals surface area contributed by atoms with Crippen LogP contribution in [0.5, 0.6) is 5.75 Å². The van der Waals surface area contributed by atoms with Crippen LogP contribution in [-0.2, 0) is 0 Å². The van der Waals surface area contributed by atoms with Crippen LogP contribution in [0, 0.1) is 6.92 Å². The van der Waals surface area contributed by atoms with Crippen LogP contribution in [0.15, 0.2) is 24.3 Å². The van der Waals surface area contributed by atoms with Gasteiger partial charge in [0.25, 0.3) is 0 Å². The number of nitrogens with zero attached hydrogens (tertiary/aromatic N) is 1. The smallest absolute Gasteiger partial charge is 0.145 e. The van der Waals surface area contributed by atoms with E-state index >= 15 is 0 Å². The van der Waals surface area contributed by atoms with E-state index in [-0.39, 0.29) is 6.10 Å². The standard InChI is InChI=1S/C14H16N2OS/c1-8(2)17-12-6-4-5-10-9(3)7-11(14(15)18)16-13(10)12/h4-8H,1-3H3,(H2,15,18). The third kappa shape index (κ3) is 2.43. The molecule has 0 aliphatic carbocycles. The Morgan fingerprint density at radius 2 is 2.11 bits per heavy atom. The zero-order valence-electron chi connectivity index (χ0n) is 10.7. The Morgan fingerprint density at radius 1 is 1.39 bits per heavy atom. The first-order valence-electron chi connectivity index (χ1n) is 5.86. The predicted molar refractivity (Wildman–Crippen MR) is 78.1 cm³/mol. The zero-order chi connectivity index (χ0) is 13.3. The first-order chi connectivity index (χ1) is 8.49. The minimum Gasteiger partial charge on any atom is -0.489 e. The number of ether oxygens (including phenoxy) is 1. The molecule has 0 radical (unpaired) electrons. The molecule has 0 amide bonds. The van der Waals surface area contributed by atoms with E-state index in [2.05, 4.69) is 4.98 Å². The number of para-hydroxylation sites is 1. The number of hydrogen-bond acceptors (Lipinski definition) is 3. The largest absolute Gasteiger partial charge is 0.489 e. The summed E-state index contributed by atoms with van der Waals surface area (Å²) in [5.74, 6) is 0.767. The van der Waals surface area contributed by atoms with Gasteiger partial charge in [-0.15, -0.1) is 0 Å². The Kier molecular flexibility index (Phi) is 3.48. The molecule has 0 saturated heterocycles. The van der Waals surface area contributed by atoms with Gasteiger partial charge in [-0.3, -0.25) is 0 Å². The summed E-state index contributed by atoms with van der Waals surface area (Å²) in [6, 6.07) is 7.81. The van der Waals surface area contributed by atoms with Crippen molar-refractivity contribution in [2.75, 3.05) is 0 Å². The van der Waals surface area contributed by atoms with Gasteiger partial charge in [-0.2, -0.15) is 0 Å². The van der Waals surface area contributed by atoms with Crippen molar-refractivity contribution in [2.45, 2.75) is 26.9 Å². The van der Waals surface area contributed by atoms with Gasteiger partial charge in [0.05, 0.1) is 11.8 Å². The summed E-state index contributed by atoms with van der Waals surface area (Å²) in [6.45, 7) is 6.00. The lowest BCUT2D eigenvalue weighted by atomic mass is 10.1. The van der Waals surface area contributed by atoms with Crippen LogP contribution in [0.1, 0.15) is 25.1 Å². The van der Waals surface area contributed by atoms with Gasteiger partial charge in [-0.25, -0.2) is 4.98 Å². The second kappa shape index (κ2) is 4.90. The number of thiocarbonyl (C=S) groups is 1. The second-order valence-electron chi connectivity index (χ2n) is 4.51. The fraction of sp³-hybridized carbons (Fsp3) is 0.286. The maximum atomic E-state index is 5.77. The number of aryl methyl sites for hydroxylation is 1. The van der Waals surface area contributed by atoms with Crippen molar-refractivity contribution in [3.8, 4) is 5.75 Å². The highest BCUT2D eigenvalue weighted by Gasteiger charge is 2.10. The molecule has 1 heterocycles. The first kappa shape index (κ1) is 12.8. The molecule has 0 aliphatic heterocycles. The van der Waals surface area contributed by atoms with Crippen LogP contribution in [0.2, 0.25) is 0 Å². The summed E-state index contributed by atoms with van der Waals surface area (Å²) in [5, 5.41) is 1.06. The van der Waals surface area contributed by atoms with Crippen LogP contribution in [0.25, 0.3) is 10.9 Å². The quantitative estimate of drug-likeness (QED) is 0.862. The number of pyridine rings is 1. The van der Waals surface area contributed by atoms with Crippen molar-refractivity contribution in [1.82, 2.24) is 4.98 Å². The SMILES string of the molecule is Cc1cc(C(N)=S)nc2c(OC(C)C)cccc12. The molecule has 18 heavy (non-hydrogen) atoms. The molecule has 0 unspecified atom stereocenters. The maximum Gasteiger partial charge on any atom is 0.145 e. The molecule has 3 nitrogen and oxygen atoms in total.